The van der Waals surface area contributed by atoms with Crippen LogP contribution in [0.3, 0.4) is 0 Å². The van der Waals surface area contributed by atoms with Gasteiger partial charge in [0.2, 0.25) is 5.91 Å². The number of primary amides is 1. The number of fused-ring (bicyclic) bond motifs is 1. The smallest absolute Gasteiger partial charge is 0.248 e. The summed E-state index contributed by atoms with van der Waals surface area (Å²) in [4.78, 5) is 16.5. The summed E-state index contributed by atoms with van der Waals surface area (Å²) >= 11 is 0. The maximum atomic E-state index is 11.7. The lowest BCUT2D eigenvalue weighted by Crippen LogP contribution is -2.10. The van der Waals surface area contributed by atoms with Crippen molar-refractivity contribution in [1.82, 2.24) is 4.98 Å². The van der Waals surface area contributed by atoms with E-state index in [-0.39, 0.29) is 0 Å². The van der Waals surface area contributed by atoms with Crippen LogP contribution in [0.5, 0.6) is 5.75 Å². The van der Waals surface area contributed by atoms with Crippen LogP contribution in [0.25, 0.3) is 32.8 Å². The van der Waals surface area contributed by atoms with Crippen molar-refractivity contribution in [3.05, 3.63) is 70.9 Å². The maximum absolute atomic E-state index is 11.7. The zero-order valence-corrected chi connectivity index (χ0v) is 16.6. The first-order chi connectivity index (χ1) is 14.1. The number of carbonyl (C=O) groups excluding carboxylic acids is 1. The summed E-state index contributed by atoms with van der Waals surface area (Å²) < 4.78 is 5.90. The number of carbonyl (C=O) groups is 1. The van der Waals surface area contributed by atoms with Crippen molar-refractivity contribution in [2.24, 2.45) is 5.73 Å². The Morgan fingerprint density at radius 2 is 2.03 bits per heavy atom. The van der Waals surface area contributed by atoms with Crippen molar-refractivity contribution in [3.8, 4) is 16.9 Å². The van der Waals surface area contributed by atoms with Gasteiger partial charge in [-0.25, -0.2) is 0 Å². The largest absolute Gasteiger partial charge is 0.493 e. The fourth-order valence-corrected chi connectivity index (χ4v) is 4.61. The minimum Gasteiger partial charge on any atom is -0.493 e. The standard InChI is InChI=1S/C25H22N2O2/c1-3-18-14(2)12-17-13-16(25(26)28)4-5-19(17)23(18)20-6-7-21-22-15(9-11-29-21)8-10-27-24(20)22/h4-8,10,12-13H,3,9,11H2,1-2H3,(H2,26,28). The third-order valence-corrected chi connectivity index (χ3v) is 5.95. The molecule has 29 heavy (non-hydrogen) atoms. The van der Waals surface area contributed by atoms with E-state index >= 15 is 0 Å². The second-order valence-electron chi connectivity index (χ2n) is 7.60. The molecule has 0 saturated heterocycles. The number of rotatable bonds is 3. The molecule has 2 heterocycles. The van der Waals surface area contributed by atoms with Crippen molar-refractivity contribution in [1.29, 1.82) is 0 Å². The summed E-state index contributed by atoms with van der Waals surface area (Å²) in [5, 5.41) is 3.24. The van der Waals surface area contributed by atoms with Crippen LogP contribution in [0, 0.1) is 6.92 Å². The second kappa shape index (κ2) is 6.59. The molecule has 0 bridgehead atoms. The fraction of sp³-hybridized carbons (Fsp3) is 0.200. The molecule has 1 aliphatic heterocycles. The van der Waals surface area contributed by atoms with Crippen molar-refractivity contribution in [2.75, 3.05) is 6.61 Å². The quantitative estimate of drug-likeness (QED) is 0.545. The van der Waals surface area contributed by atoms with Crippen molar-refractivity contribution in [2.45, 2.75) is 26.7 Å². The first-order valence-electron chi connectivity index (χ1n) is 9.98. The van der Waals surface area contributed by atoms with E-state index < -0.39 is 5.91 Å². The maximum Gasteiger partial charge on any atom is 0.248 e. The molecule has 0 spiro atoms. The minimum absolute atomic E-state index is 0.411. The molecular weight excluding hydrogens is 360 g/mol. The normalized spacial score (nSPS) is 12.9. The van der Waals surface area contributed by atoms with Gasteiger partial charge in [0.25, 0.3) is 0 Å². The lowest BCUT2D eigenvalue weighted by molar-refractivity contribution is 0.100. The fourth-order valence-electron chi connectivity index (χ4n) is 4.61. The van der Waals surface area contributed by atoms with Gasteiger partial charge in [-0.05, 0) is 76.7 Å². The van der Waals surface area contributed by atoms with E-state index in [9.17, 15) is 4.79 Å². The van der Waals surface area contributed by atoms with Gasteiger partial charge in [-0.1, -0.05) is 19.1 Å². The Morgan fingerprint density at radius 1 is 1.17 bits per heavy atom. The molecule has 3 aromatic carbocycles. The number of nitrogens with two attached hydrogens (primary N) is 1. The van der Waals surface area contributed by atoms with E-state index in [0.717, 1.165) is 45.8 Å². The first-order valence-corrected chi connectivity index (χ1v) is 9.98. The van der Waals surface area contributed by atoms with Gasteiger partial charge in [0.1, 0.15) is 5.75 Å². The highest BCUT2D eigenvalue weighted by molar-refractivity contribution is 6.09. The van der Waals surface area contributed by atoms with Gasteiger partial charge >= 0.3 is 0 Å². The average molecular weight is 382 g/mol. The molecule has 4 nitrogen and oxygen atoms in total. The van der Waals surface area contributed by atoms with Gasteiger partial charge in [-0.15, -0.1) is 0 Å². The third-order valence-electron chi connectivity index (χ3n) is 5.95. The number of ether oxygens (including phenoxy) is 1. The van der Waals surface area contributed by atoms with Crippen LogP contribution in [0.4, 0.5) is 0 Å². The molecule has 1 amide bonds. The molecule has 2 N–H and O–H groups in total. The topological polar surface area (TPSA) is 65.2 Å². The van der Waals surface area contributed by atoms with E-state index in [1.807, 2.05) is 24.4 Å². The number of benzene rings is 3. The summed E-state index contributed by atoms with van der Waals surface area (Å²) in [5.41, 5.74) is 13.1. The van der Waals surface area contributed by atoms with E-state index in [1.54, 1.807) is 0 Å². The Kier molecular flexibility index (Phi) is 4.02. The molecule has 0 saturated carbocycles. The lowest BCUT2D eigenvalue weighted by Gasteiger charge is -2.22. The third kappa shape index (κ3) is 2.67. The molecular formula is C25H22N2O2. The second-order valence-corrected chi connectivity index (χ2v) is 7.60. The monoisotopic (exact) mass is 382 g/mol. The van der Waals surface area contributed by atoms with E-state index in [1.165, 1.54) is 22.3 Å². The molecule has 0 aliphatic carbocycles. The van der Waals surface area contributed by atoms with Crippen LogP contribution >= 0.6 is 0 Å². The Hall–Kier alpha value is -3.40. The van der Waals surface area contributed by atoms with E-state index in [2.05, 4.69) is 38.1 Å². The molecule has 0 radical (unpaired) electrons. The number of aryl methyl sites for hydroxylation is 1. The van der Waals surface area contributed by atoms with Crippen LogP contribution in [-0.4, -0.2) is 17.5 Å². The summed E-state index contributed by atoms with van der Waals surface area (Å²) in [5.74, 6) is 0.496. The van der Waals surface area contributed by atoms with Crippen LogP contribution in [0.2, 0.25) is 0 Å². The molecule has 4 aromatic rings. The van der Waals surface area contributed by atoms with Crippen molar-refractivity contribution in [3.63, 3.8) is 0 Å². The average Bonchev–Trinajstić information content (AvgIpc) is 2.73. The highest BCUT2D eigenvalue weighted by Gasteiger charge is 2.20. The number of hydrogen-bond acceptors (Lipinski definition) is 3. The summed E-state index contributed by atoms with van der Waals surface area (Å²) in [6, 6.07) is 14.1. The predicted octanol–water partition coefficient (Wildman–Crippen LogP) is 4.96. The molecule has 4 heteroatoms. The highest BCUT2D eigenvalue weighted by Crippen LogP contribution is 2.42. The number of aromatic nitrogens is 1. The Labute approximate surface area is 169 Å². The van der Waals surface area contributed by atoms with Gasteiger partial charge in [0.05, 0.1) is 12.1 Å². The van der Waals surface area contributed by atoms with Crippen molar-refractivity contribution >= 4 is 27.6 Å². The number of hydrogen-bond donors (Lipinski definition) is 1. The predicted molar refractivity (Wildman–Crippen MR) is 117 cm³/mol. The minimum atomic E-state index is -0.411. The van der Waals surface area contributed by atoms with Gasteiger partial charge in [0, 0.05) is 29.1 Å². The Balaban J connectivity index is 1.90. The molecule has 0 atom stereocenters. The molecule has 0 fully saturated rings. The van der Waals surface area contributed by atoms with Gasteiger partial charge in [-0.3, -0.25) is 9.78 Å². The molecule has 1 aromatic heterocycles. The highest BCUT2D eigenvalue weighted by atomic mass is 16.5. The van der Waals surface area contributed by atoms with Crippen LogP contribution < -0.4 is 10.5 Å². The van der Waals surface area contributed by atoms with Gasteiger partial charge in [-0.2, -0.15) is 0 Å². The number of nitrogens with zero attached hydrogens (tertiary/aromatic N) is 1. The molecule has 5 rings (SSSR count). The van der Waals surface area contributed by atoms with Crippen molar-refractivity contribution < 1.29 is 9.53 Å². The summed E-state index contributed by atoms with van der Waals surface area (Å²) in [6.45, 7) is 5.01. The van der Waals surface area contributed by atoms with Gasteiger partial charge in [0.15, 0.2) is 0 Å². The van der Waals surface area contributed by atoms with Crippen LogP contribution in [-0.2, 0) is 12.8 Å². The van der Waals surface area contributed by atoms with E-state index in [0.29, 0.717) is 12.2 Å². The molecule has 0 unspecified atom stereocenters. The zero-order chi connectivity index (χ0) is 20.1. The number of amides is 1. The zero-order valence-electron chi connectivity index (χ0n) is 16.6. The summed E-state index contributed by atoms with van der Waals surface area (Å²) in [7, 11) is 0. The first kappa shape index (κ1) is 17.7. The molecule has 1 aliphatic rings. The van der Waals surface area contributed by atoms with E-state index in [4.69, 9.17) is 15.5 Å². The SMILES string of the molecule is CCc1c(C)cc2cc(C(N)=O)ccc2c1-c1ccc2c3c(ccnc13)CCO2. The molecule has 144 valence electrons. The van der Waals surface area contributed by atoms with Crippen LogP contribution in [0.15, 0.2) is 48.7 Å². The number of pyridine rings is 1. The lowest BCUT2D eigenvalue weighted by atomic mass is 9.86. The summed E-state index contributed by atoms with van der Waals surface area (Å²) in [6.07, 6.45) is 3.70. The van der Waals surface area contributed by atoms with Gasteiger partial charge < -0.3 is 10.5 Å². The van der Waals surface area contributed by atoms with Crippen LogP contribution in [0.1, 0.15) is 34.0 Å². The Morgan fingerprint density at radius 3 is 2.83 bits per heavy atom. The Bertz CT molecular complexity index is 1300.